The summed E-state index contributed by atoms with van der Waals surface area (Å²) in [6.45, 7) is 3.84. The Labute approximate surface area is 173 Å². The zero-order valence-electron chi connectivity index (χ0n) is 16.1. The van der Waals surface area contributed by atoms with Gasteiger partial charge in [-0.1, -0.05) is 47.5 Å². The molecule has 0 radical (unpaired) electrons. The van der Waals surface area contributed by atoms with Gasteiger partial charge in [-0.05, 0) is 61.4 Å². The number of halogens is 1. The number of hydrogen-bond acceptors (Lipinski definition) is 2. The number of anilines is 1. The first-order valence-electron chi connectivity index (χ1n) is 9.23. The van der Waals surface area contributed by atoms with Gasteiger partial charge in [-0.2, -0.15) is 0 Å². The molecule has 0 aliphatic rings. The van der Waals surface area contributed by atoms with Gasteiger partial charge in [0, 0.05) is 28.0 Å². The van der Waals surface area contributed by atoms with E-state index in [0.717, 1.165) is 27.8 Å². The van der Waals surface area contributed by atoms with Crippen LogP contribution in [0.5, 0.6) is 0 Å². The molecule has 0 saturated heterocycles. The minimum atomic E-state index is -0.687. The van der Waals surface area contributed by atoms with Gasteiger partial charge < -0.3 is 9.72 Å². The number of aromatic nitrogens is 1. The first-order valence-corrected chi connectivity index (χ1v) is 9.61. The number of nitrogens with one attached hydrogen (secondary N) is 1. The van der Waals surface area contributed by atoms with E-state index in [1.54, 1.807) is 28.8 Å². The Kier molecular flexibility index (Phi) is 4.95. The molecule has 0 aliphatic heterocycles. The molecule has 4 aromatic rings. The van der Waals surface area contributed by atoms with E-state index >= 15 is 0 Å². The van der Waals surface area contributed by atoms with Gasteiger partial charge in [0.15, 0.2) is 0 Å². The number of hydrogen-bond donors (Lipinski definition) is 1. The van der Waals surface area contributed by atoms with Crippen molar-refractivity contribution in [3.8, 4) is 11.1 Å². The molecule has 1 amide bonds. The van der Waals surface area contributed by atoms with E-state index < -0.39 is 11.7 Å². The highest BCUT2D eigenvalue weighted by molar-refractivity contribution is 6.47. The van der Waals surface area contributed by atoms with E-state index in [-0.39, 0.29) is 0 Å². The Morgan fingerprint density at radius 1 is 0.931 bits per heavy atom. The number of pyridine rings is 1. The van der Waals surface area contributed by atoms with Gasteiger partial charge in [0.1, 0.15) is 5.69 Å². The summed E-state index contributed by atoms with van der Waals surface area (Å²) >= 11 is 5.98. The van der Waals surface area contributed by atoms with Crippen molar-refractivity contribution in [2.45, 2.75) is 13.8 Å². The molecule has 29 heavy (non-hydrogen) atoms. The molecule has 0 aliphatic carbocycles. The number of benzene rings is 2. The van der Waals surface area contributed by atoms with E-state index in [1.165, 1.54) is 0 Å². The normalized spacial score (nSPS) is 10.9. The van der Waals surface area contributed by atoms with Gasteiger partial charge in [0.2, 0.25) is 0 Å². The van der Waals surface area contributed by atoms with Crippen molar-refractivity contribution in [2.24, 2.45) is 0 Å². The Balaban J connectivity index is 1.77. The van der Waals surface area contributed by atoms with E-state index in [4.69, 9.17) is 11.6 Å². The van der Waals surface area contributed by atoms with Crippen LogP contribution < -0.4 is 5.32 Å². The van der Waals surface area contributed by atoms with Crippen LogP contribution in [0.1, 0.15) is 21.6 Å². The lowest BCUT2D eigenvalue weighted by atomic mass is 10.0. The molecule has 0 fully saturated rings. The Hall–Kier alpha value is -3.37. The molecule has 2 aromatic heterocycles. The first kappa shape index (κ1) is 19.0. The molecule has 0 unspecified atom stereocenters. The number of Topliss-reactive ketones (excluding diaryl/α,β-unsaturated/α-hetero) is 1. The molecule has 2 aromatic carbocycles. The average Bonchev–Trinajstić information content (AvgIpc) is 3.09. The van der Waals surface area contributed by atoms with Crippen LogP contribution in [0.2, 0.25) is 5.02 Å². The maximum absolute atomic E-state index is 13.2. The van der Waals surface area contributed by atoms with Crippen molar-refractivity contribution in [1.29, 1.82) is 0 Å². The number of ketones is 1. The van der Waals surface area contributed by atoms with Crippen molar-refractivity contribution in [2.75, 3.05) is 5.32 Å². The molecule has 0 atom stereocenters. The molecule has 4 nitrogen and oxygen atoms in total. The van der Waals surface area contributed by atoms with Gasteiger partial charge in [-0.3, -0.25) is 9.59 Å². The van der Waals surface area contributed by atoms with Crippen molar-refractivity contribution in [1.82, 2.24) is 4.40 Å². The van der Waals surface area contributed by atoms with Crippen LogP contribution in [0.25, 0.3) is 16.6 Å². The predicted molar refractivity (Wildman–Crippen MR) is 117 cm³/mol. The van der Waals surface area contributed by atoms with Crippen LogP contribution >= 0.6 is 11.6 Å². The lowest BCUT2D eigenvalue weighted by molar-refractivity contribution is -0.112. The molecule has 1 N–H and O–H groups in total. The van der Waals surface area contributed by atoms with Crippen LogP contribution in [0.15, 0.2) is 72.9 Å². The van der Waals surface area contributed by atoms with E-state index in [0.29, 0.717) is 16.4 Å². The number of amides is 1. The minimum Gasteiger partial charge on any atom is -0.319 e. The first-order chi connectivity index (χ1) is 13.9. The maximum atomic E-state index is 13.2. The number of nitrogens with zero attached hydrogens (tertiary/aromatic N) is 1. The lowest BCUT2D eigenvalue weighted by Gasteiger charge is -2.10. The summed E-state index contributed by atoms with van der Waals surface area (Å²) in [5, 5.41) is 3.29. The van der Waals surface area contributed by atoms with Gasteiger partial charge in [0.05, 0.1) is 0 Å². The smallest absolute Gasteiger partial charge is 0.298 e. The van der Waals surface area contributed by atoms with Crippen molar-refractivity contribution >= 4 is 34.5 Å². The number of carbonyl (C=O) groups is 2. The number of rotatable bonds is 4. The third-order valence-corrected chi connectivity index (χ3v) is 5.14. The largest absolute Gasteiger partial charge is 0.319 e. The second kappa shape index (κ2) is 7.57. The fourth-order valence-electron chi connectivity index (χ4n) is 3.36. The molecular formula is C24H19ClN2O2. The highest BCUT2D eigenvalue weighted by Crippen LogP contribution is 2.29. The fraction of sp³-hybridized carbons (Fsp3) is 0.0833. The summed E-state index contributed by atoms with van der Waals surface area (Å²) in [5.74, 6) is -1.28. The van der Waals surface area contributed by atoms with Crippen LogP contribution in [0, 0.1) is 13.8 Å². The Morgan fingerprint density at radius 3 is 2.41 bits per heavy atom. The van der Waals surface area contributed by atoms with Crippen molar-refractivity contribution < 1.29 is 9.59 Å². The fourth-order valence-corrected chi connectivity index (χ4v) is 3.59. The Bertz CT molecular complexity index is 1240. The monoisotopic (exact) mass is 402 g/mol. The lowest BCUT2D eigenvalue weighted by Crippen LogP contribution is -2.25. The third-order valence-electron chi connectivity index (χ3n) is 4.90. The number of fused-ring (bicyclic) bond motifs is 1. The van der Waals surface area contributed by atoms with Gasteiger partial charge in [-0.25, -0.2) is 0 Å². The van der Waals surface area contributed by atoms with E-state index in [2.05, 4.69) is 5.32 Å². The van der Waals surface area contributed by atoms with Crippen LogP contribution in [0.3, 0.4) is 0 Å². The summed E-state index contributed by atoms with van der Waals surface area (Å²) in [4.78, 5) is 26.0. The Morgan fingerprint density at radius 2 is 1.69 bits per heavy atom. The SMILES string of the molecule is Cc1ccc(-c2cc3ccccn3c2C(=O)C(=O)Nc2ccc(Cl)cc2C)cc1. The topological polar surface area (TPSA) is 50.6 Å². The predicted octanol–water partition coefficient (Wildman–Crippen LogP) is 5.70. The average molecular weight is 403 g/mol. The van der Waals surface area contributed by atoms with Gasteiger partial charge in [-0.15, -0.1) is 0 Å². The molecule has 4 rings (SSSR count). The summed E-state index contributed by atoms with van der Waals surface area (Å²) in [5.41, 5.74) is 5.28. The molecule has 5 heteroatoms. The van der Waals surface area contributed by atoms with E-state index in [9.17, 15) is 9.59 Å². The number of aryl methyl sites for hydroxylation is 2. The second-order valence-electron chi connectivity index (χ2n) is 7.01. The van der Waals surface area contributed by atoms with Gasteiger partial charge in [0.25, 0.3) is 11.7 Å². The zero-order valence-corrected chi connectivity index (χ0v) is 16.8. The highest BCUT2D eigenvalue weighted by Gasteiger charge is 2.25. The summed E-state index contributed by atoms with van der Waals surface area (Å²) in [7, 11) is 0. The quantitative estimate of drug-likeness (QED) is 0.351. The van der Waals surface area contributed by atoms with Crippen molar-refractivity contribution in [3.63, 3.8) is 0 Å². The molecule has 0 bridgehead atoms. The summed E-state index contributed by atoms with van der Waals surface area (Å²) in [6.07, 6.45) is 1.79. The summed E-state index contributed by atoms with van der Waals surface area (Å²) < 4.78 is 1.76. The van der Waals surface area contributed by atoms with Crippen LogP contribution in [-0.2, 0) is 4.79 Å². The third kappa shape index (κ3) is 3.67. The number of carbonyl (C=O) groups excluding carboxylic acids is 2. The van der Waals surface area contributed by atoms with Crippen LogP contribution in [-0.4, -0.2) is 16.1 Å². The molecule has 2 heterocycles. The molecule has 144 valence electrons. The van der Waals surface area contributed by atoms with E-state index in [1.807, 2.05) is 62.4 Å². The maximum Gasteiger partial charge on any atom is 0.298 e. The molecule has 0 saturated carbocycles. The zero-order chi connectivity index (χ0) is 20.5. The van der Waals surface area contributed by atoms with Crippen molar-refractivity contribution in [3.05, 3.63) is 94.8 Å². The minimum absolute atomic E-state index is 0.341. The second-order valence-corrected chi connectivity index (χ2v) is 7.45. The summed E-state index contributed by atoms with van der Waals surface area (Å²) in [6, 6.07) is 20.6. The highest BCUT2D eigenvalue weighted by atomic mass is 35.5. The molecular weight excluding hydrogens is 384 g/mol. The van der Waals surface area contributed by atoms with Crippen LogP contribution in [0.4, 0.5) is 5.69 Å². The standard InChI is InChI=1S/C24H19ClN2O2/c1-15-6-8-17(9-7-15)20-14-19-5-3-4-12-27(19)22(20)23(28)24(29)26-21-11-10-18(25)13-16(21)2/h3-14H,1-2H3,(H,26,29). The molecule has 0 spiro atoms. The van der Waals surface area contributed by atoms with Gasteiger partial charge >= 0.3 is 0 Å².